The minimum absolute atomic E-state index is 0.0381. The quantitative estimate of drug-likeness (QED) is 0.146. The Bertz CT molecular complexity index is 3020. The lowest BCUT2D eigenvalue weighted by Gasteiger charge is -2.36. The summed E-state index contributed by atoms with van der Waals surface area (Å²) >= 11 is 0. The van der Waals surface area contributed by atoms with E-state index in [1.807, 2.05) is 79.8 Å². The van der Waals surface area contributed by atoms with Gasteiger partial charge in [-0.3, -0.25) is 24.2 Å². The first kappa shape index (κ1) is 47.0. The average Bonchev–Trinajstić information content (AvgIpc) is 3.80. The van der Waals surface area contributed by atoms with E-state index in [2.05, 4.69) is 12.1 Å². The number of piperidine rings is 1. The predicted molar refractivity (Wildman–Crippen MR) is 258 cm³/mol. The van der Waals surface area contributed by atoms with Gasteiger partial charge in [-0.05, 0) is 153 Å². The Morgan fingerprint density at radius 3 is 2.23 bits per heavy atom. The number of halogens is 3. The molecule has 0 unspecified atom stereocenters. The molecule has 1 fully saturated rings. The van der Waals surface area contributed by atoms with Crippen LogP contribution in [0.2, 0.25) is 0 Å². The maximum Gasteiger partial charge on any atom is 0.264 e. The van der Waals surface area contributed by atoms with Crippen LogP contribution in [0.25, 0.3) is 11.3 Å². The van der Waals surface area contributed by atoms with Crippen LogP contribution in [0.5, 0.6) is 5.75 Å². The first-order chi connectivity index (χ1) is 33.1. The van der Waals surface area contributed by atoms with E-state index in [1.54, 1.807) is 50.6 Å². The van der Waals surface area contributed by atoms with E-state index < -0.39 is 12.2 Å². The molecular formula is C55H56F3N7O4. The minimum atomic E-state index is -2.39. The van der Waals surface area contributed by atoms with Crippen LogP contribution >= 0.6 is 0 Å². The number of likely N-dealkylation sites (tertiary alicyclic amines) is 1. The highest BCUT2D eigenvalue weighted by Crippen LogP contribution is 2.39. The number of aromatic nitrogens is 2. The van der Waals surface area contributed by atoms with E-state index in [-0.39, 0.29) is 60.5 Å². The molecule has 0 saturated carbocycles. The van der Waals surface area contributed by atoms with Crippen molar-refractivity contribution >= 4 is 29.1 Å². The third-order valence-electron chi connectivity index (χ3n) is 14.8. The number of amides is 3. The topological polar surface area (TPSA) is 118 Å². The highest BCUT2D eigenvalue weighted by atomic mass is 19.3. The van der Waals surface area contributed by atoms with E-state index in [1.165, 1.54) is 23.8 Å². The number of hydrogen-bond donors (Lipinski definition) is 1. The smallest absolute Gasteiger partial charge is 0.264 e. The first-order valence-electron chi connectivity index (χ1n) is 23.6. The maximum atomic E-state index is 15.7. The van der Waals surface area contributed by atoms with Crippen molar-refractivity contribution in [1.82, 2.24) is 23.8 Å². The Hall–Kier alpha value is -7.11. The number of alkyl halides is 2. The molecule has 3 aliphatic heterocycles. The summed E-state index contributed by atoms with van der Waals surface area (Å²) in [5.41, 5.74) is 9.97. The molecule has 0 radical (unpaired) electrons. The fraction of sp³-hybridized carbons (Fsp3) is 0.345. The molecule has 69 heavy (non-hydrogen) atoms. The minimum Gasteiger partial charge on any atom is -0.508 e. The lowest BCUT2D eigenvalue weighted by molar-refractivity contribution is -0.131. The van der Waals surface area contributed by atoms with Crippen molar-refractivity contribution in [3.8, 4) is 23.1 Å². The number of benzene rings is 4. The lowest BCUT2D eigenvalue weighted by atomic mass is 9.88. The Labute approximate surface area is 400 Å². The third-order valence-corrected chi connectivity index (χ3v) is 14.8. The van der Waals surface area contributed by atoms with Gasteiger partial charge in [0.25, 0.3) is 18.2 Å². The number of nitrogens with zero attached hydrogens (tertiary/aromatic N) is 7. The van der Waals surface area contributed by atoms with Crippen LogP contribution in [-0.2, 0) is 51.2 Å². The molecule has 0 aliphatic carbocycles. The fourth-order valence-electron chi connectivity index (χ4n) is 10.5. The highest BCUT2D eigenvalue weighted by Gasteiger charge is 2.34. The average molecular weight is 936 g/mol. The van der Waals surface area contributed by atoms with Gasteiger partial charge in [-0.15, -0.1) is 0 Å². The SMILES string of the molecule is Cc1c(N(C(=O)c2cc(-c3cc4c(cc3C(=O)N3Cc5ccccc5C[C@H]3C)CN(C(=O)Cc3ccc(C5CCN(CC(F)F)CC5)cc3F)CC4)n(C)c2C)c2ccc(O)cc2)cc(C#N)n1C. The number of anilines is 2. The second-order valence-corrected chi connectivity index (χ2v) is 18.9. The molecule has 11 nitrogen and oxygen atoms in total. The summed E-state index contributed by atoms with van der Waals surface area (Å²) in [5, 5.41) is 20.1. The second kappa shape index (κ2) is 19.1. The summed E-state index contributed by atoms with van der Waals surface area (Å²) in [5.74, 6) is -1.14. The summed E-state index contributed by atoms with van der Waals surface area (Å²) in [6, 6.07) is 28.9. The van der Waals surface area contributed by atoms with Crippen LogP contribution in [0.3, 0.4) is 0 Å². The Balaban J connectivity index is 1.04. The van der Waals surface area contributed by atoms with Gasteiger partial charge in [-0.25, -0.2) is 13.2 Å². The molecule has 0 spiro atoms. The molecule has 4 aromatic carbocycles. The van der Waals surface area contributed by atoms with Gasteiger partial charge in [0, 0.05) is 73.7 Å². The highest BCUT2D eigenvalue weighted by molar-refractivity contribution is 6.13. The molecular weight excluding hydrogens is 880 g/mol. The van der Waals surface area contributed by atoms with Gasteiger partial charge in [0.05, 0.1) is 24.2 Å². The summed E-state index contributed by atoms with van der Waals surface area (Å²) in [4.78, 5) is 51.1. The van der Waals surface area contributed by atoms with Gasteiger partial charge in [0.1, 0.15) is 23.3 Å². The maximum absolute atomic E-state index is 15.7. The third kappa shape index (κ3) is 9.15. The van der Waals surface area contributed by atoms with Crippen LogP contribution < -0.4 is 4.90 Å². The molecule has 3 aliphatic rings. The Morgan fingerprint density at radius 1 is 0.826 bits per heavy atom. The molecule has 3 amide bonds. The van der Waals surface area contributed by atoms with Crippen molar-refractivity contribution in [2.75, 3.05) is 31.1 Å². The normalized spacial score (nSPS) is 16.3. The zero-order valence-corrected chi connectivity index (χ0v) is 39.6. The fourth-order valence-corrected chi connectivity index (χ4v) is 10.5. The molecule has 14 heteroatoms. The number of carbonyl (C=O) groups excluding carboxylic acids is 3. The number of carbonyl (C=O) groups is 3. The number of rotatable bonds is 10. The molecule has 0 bridgehead atoms. The number of nitriles is 1. The first-order valence-corrected chi connectivity index (χ1v) is 23.6. The molecule has 5 heterocycles. The zero-order valence-electron chi connectivity index (χ0n) is 39.6. The van der Waals surface area contributed by atoms with Crippen molar-refractivity contribution < 1.29 is 32.7 Å². The van der Waals surface area contributed by atoms with E-state index in [9.17, 15) is 23.9 Å². The van der Waals surface area contributed by atoms with E-state index in [0.717, 1.165) is 22.3 Å². The number of phenols is 1. The summed E-state index contributed by atoms with van der Waals surface area (Å²) in [6.45, 7) is 7.56. The van der Waals surface area contributed by atoms with Crippen LogP contribution in [0, 0.1) is 31.0 Å². The van der Waals surface area contributed by atoms with Gasteiger partial charge in [0.15, 0.2) is 0 Å². The summed E-state index contributed by atoms with van der Waals surface area (Å²) < 4.78 is 45.2. The number of hydrogen-bond acceptors (Lipinski definition) is 6. The van der Waals surface area contributed by atoms with E-state index in [0.29, 0.717) is 103 Å². The molecule has 1 saturated heterocycles. The van der Waals surface area contributed by atoms with Gasteiger partial charge >= 0.3 is 0 Å². The molecule has 356 valence electrons. The van der Waals surface area contributed by atoms with Crippen LogP contribution in [-0.4, -0.2) is 85.3 Å². The van der Waals surface area contributed by atoms with Crippen LogP contribution in [0.15, 0.2) is 91.0 Å². The van der Waals surface area contributed by atoms with Gasteiger partial charge in [-0.2, -0.15) is 5.26 Å². The van der Waals surface area contributed by atoms with Crippen LogP contribution in [0.4, 0.5) is 24.5 Å². The standard InChI is InChI=1S/C55H56F3N7O4/c1-33-22-37-8-6-7-9-41(37)31-64(33)54(68)48-24-42-30-63(53(67)26-40-11-10-38(25-49(40)56)36-16-19-62(20-17-36)32-52(57)58)21-18-39(42)23-47(48)51-28-46(34(2)61(51)5)55(69)65(43-12-14-45(66)15-13-43)50-27-44(29-59)60(4)35(50)3/h6-15,23-25,27-28,33,36,52,66H,16-22,26,30-32H2,1-5H3/t33-/m1/s1. The summed E-state index contributed by atoms with van der Waals surface area (Å²) in [6.07, 6.45) is -0.0268. The van der Waals surface area contributed by atoms with E-state index in [4.69, 9.17) is 0 Å². The van der Waals surface area contributed by atoms with Crippen molar-refractivity contribution in [2.45, 2.75) is 84.4 Å². The number of aromatic hydroxyl groups is 1. The predicted octanol–water partition coefficient (Wildman–Crippen LogP) is 9.50. The van der Waals surface area contributed by atoms with Gasteiger partial charge in [0.2, 0.25) is 5.91 Å². The second-order valence-electron chi connectivity index (χ2n) is 18.9. The van der Waals surface area contributed by atoms with Crippen molar-refractivity contribution in [3.63, 3.8) is 0 Å². The molecule has 1 atom stereocenters. The number of fused-ring (bicyclic) bond motifs is 2. The summed E-state index contributed by atoms with van der Waals surface area (Å²) in [7, 11) is 3.64. The molecule has 6 aromatic rings. The monoisotopic (exact) mass is 935 g/mol. The Morgan fingerprint density at radius 2 is 1.55 bits per heavy atom. The Kier molecular flexibility index (Phi) is 13.0. The van der Waals surface area contributed by atoms with Crippen LogP contribution in [0.1, 0.15) is 96.9 Å². The molecule has 2 aromatic heterocycles. The van der Waals surface area contributed by atoms with Gasteiger partial charge < -0.3 is 24.0 Å². The number of phenolic OH excluding ortho intramolecular Hbond substituents is 1. The lowest BCUT2D eigenvalue weighted by Crippen LogP contribution is -2.43. The zero-order chi connectivity index (χ0) is 48.8. The molecule has 9 rings (SSSR count). The van der Waals surface area contributed by atoms with E-state index >= 15 is 14.0 Å². The largest absolute Gasteiger partial charge is 0.508 e. The van der Waals surface area contributed by atoms with Gasteiger partial charge in [-0.1, -0.05) is 36.4 Å². The molecule has 1 N–H and O–H groups in total. The van der Waals surface area contributed by atoms with Crippen molar-refractivity contribution in [3.05, 3.63) is 158 Å². The van der Waals surface area contributed by atoms with Crippen molar-refractivity contribution in [1.29, 1.82) is 5.26 Å². The van der Waals surface area contributed by atoms with Crippen molar-refractivity contribution in [2.24, 2.45) is 14.1 Å².